The summed E-state index contributed by atoms with van der Waals surface area (Å²) in [5, 5.41) is 2.09. The molecular formula is C23H34N2O6S. The van der Waals surface area contributed by atoms with E-state index in [1.54, 1.807) is 27.7 Å². The van der Waals surface area contributed by atoms with Gasteiger partial charge in [-0.1, -0.05) is 42.1 Å². The number of thioether (sulfide) groups is 1. The van der Waals surface area contributed by atoms with Crippen LogP contribution in [0.4, 0.5) is 4.79 Å². The van der Waals surface area contributed by atoms with Gasteiger partial charge in [0, 0.05) is 6.92 Å². The van der Waals surface area contributed by atoms with Gasteiger partial charge in [0.25, 0.3) is 0 Å². The molecule has 0 saturated heterocycles. The van der Waals surface area contributed by atoms with E-state index in [2.05, 4.69) is 5.32 Å². The highest BCUT2D eigenvalue weighted by Gasteiger charge is 2.33. The molecule has 0 fully saturated rings. The molecular weight excluding hydrogens is 432 g/mol. The summed E-state index contributed by atoms with van der Waals surface area (Å²) in [7, 11) is 0. The first-order chi connectivity index (χ1) is 14.9. The smallest absolute Gasteiger partial charge is 0.329 e. The highest BCUT2D eigenvalue weighted by atomic mass is 32.2. The van der Waals surface area contributed by atoms with Gasteiger partial charge in [0.15, 0.2) is 5.12 Å². The first kappa shape index (κ1) is 27.5. The number of nitrogens with zero attached hydrogens (tertiary/aromatic N) is 1. The fourth-order valence-electron chi connectivity index (χ4n) is 2.77. The molecule has 0 aliphatic carbocycles. The van der Waals surface area contributed by atoms with E-state index in [0.717, 1.165) is 22.2 Å². The number of carbonyl (C=O) groups excluding carboxylic acids is 4. The Morgan fingerprint density at radius 1 is 1.12 bits per heavy atom. The van der Waals surface area contributed by atoms with Crippen molar-refractivity contribution in [1.82, 2.24) is 10.2 Å². The number of hydrogen-bond donors (Lipinski definition) is 1. The summed E-state index contributed by atoms with van der Waals surface area (Å²) in [4.78, 5) is 50.5. The topological polar surface area (TPSA) is 102 Å². The number of amides is 2. The Kier molecular flexibility index (Phi) is 11.3. The van der Waals surface area contributed by atoms with Crippen molar-refractivity contribution < 1.29 is 28.7 Å². The number of benzene rings is 1. The second kappa shape index (κ2) is 13.1. The van der Waals surface area contributed by atoms with Gasteiger partial charge < -0.3 is 19.7 Å². The van der Waals surface area contributed by atoms with Crippen LogP contribution in [0.25, 0.3) is 0 Å². The Bertz CT molecular complexity index is 778. The van der Waals surface area contributed by atoms with Crippen molar-refractivity contribution in [2.45, 2.75) is 71.4 Å². The Morgan fingerprint density at radius 3 is 2.28 bits per heavy atom. The number of esters is 2. The van der Waals surface area contributed by atoms with Gasteiger partial charge >= 0.3 is 18.0 Å². The van der Waals surface area contributed by atoms with E-state index in [4.69, 9.17) is 9.47 Å². The van der Waals surface area contributed by atoms with Gasteiger partial charge in [0.05, 0.1) is 12.0 Å². The average Bonchev–Trinajstić information content (AvgIpc) is 2.69. The molecule has 1 N–H and O–H groups in total. The first-order valence-corrected chi connectivity index (χ1v) is 11.5. The van der Waals surface area contributed by atoms with E-state index in [9.17, 15) is 19.2 Å². The number of carbonyl (C=O) groups is 4. The third-order valence-corrected chi connectivity index (χ3v) is 5.18. The van der Waals surface area contributed by atoms with Crippen LogP contribution in [0, 0.1) is 0 Å². The summed E-state index contributed by atoms with van der Waals surface area (Å²) in [6, 6.07) is 8.01. The third-order valence-electron chi connectivity index (χ3n) is 4.21. The number of urea groups is 1. The van der Waals surface area contributed by atoms with Crippen LogP contribution in [0.5, 0.6) is 0 Å². The van der Waals surface area contributed by atoms with Gasteiger partial charge in [-0.2, -0.15) is 0 Å². The van der Waals surface area contributed by atoms with Gasteiger partial charge in [-0.05, 0) is 53.0 Å². The second-order valence-electron chi connectivity index (χ2n) is 8.21. The minimum atomic E-state index is -1.03. The maximum atomic E-state index is 13.1. The molecule has 0 saturated carbocycles. The zero-order valence-corrected chi connectivity index (χ0v) is 20.5. The van der Waals surface area contributed by atoms with Gasteiger partial charge in [0.2, 0.25) is 0 Å². The average molecular weight is 467 g/mol. The summed E-state index contributed by atoms with van der Waals surface area (Å²) >= 11 is 0.994. The van der Waals surface area contributed by atoms with Crippen molar-refractivity contribution in [3.8, 4) is 0 Å². The SMILES string of the molecule is CCOC(=O)CN(C(=O)NC(CCc1ccccc1)SC(C)=O)[C@@H](C)C(=O)OC(C)(C)C. The Morgan fingerprint density at radius 2 is 1.75 bits per heavy atom. The summed E-state index contributed by atoms with van der Waals surface area (Å²) < 4.78 is 10.3. The molecule has 0 heterocycles. The van der Waals surface area contributed by atoms with E-state index in [1.807, 2.05) is 30.3 Å². The molecule has 0 aliphatic heterocycles. The van der Waals surface area contributed by atoms with E-state index < -0.39 is 41.5 Å². The molecule has 8 nitrogen and oxygen atoms in total. The fraction of sp³-hybridized carbons (Fsp3) is 0.565. The first-order valence-electron chi connectivity index (χ1n) is 10.6. The molecule has 0 bridgehead atoms. The number of nitrogens with one attached hydrogen (secondary N) is 1. The number of rotatable bonds is 10. The zero-order valence-electron chi connectivity index (χ0n) is 19.7. The summed E-state index contributed by atoms with van der Waals surface area (Å²) in [6.07, 6.45) is 1.14. The fourth-order valence-corrected chi connectivity index (χ4v) is 3.56. The van der Waals surface area contributed by atoms with Crippen molar-refractivity contribution in [1.29, 1.82) is 0 Å². The molecule has 1 rings (SSSR count). The molecule has 32 heavy (non-hydrogen) atoms. The molecule has 0 spiro atoms. The van der Waals surface area contributed by atoms with E-state index in [-0.39, 0.29) is 11.7 Å². The predicted molar refractivity (Wildman–Crippen MR) is 124 cm³/mol. The minimum Gasteiger partial charge on any atom is -0.465 e. The van der Waals surface area contributed by atoms with Gasteiger partial charge in [-0.3, -0.25) is 9.59 Å². The highest BCUT2D eigenvalue weighted by molar-refractivity contribution is 8.14. The van der Waals surface area contributed by atoms with Crippen molar-refractivity contribution in [3.63, 3.8) is 0 Å². The monoisotopic (exact) mass is 466 g/mol. The highest BCUT2D eigenvalue weighted by Crippen LogP contribution is 2.18. The molecule has 0 aromatic heterocycles. The Hall–Kier alpha value is -2.55. The molecule has 178 valence electrons. The zero-order chi connectivity index (χ0) is 24.3. The quantitative estimate of drug-likeness (QED) is 0.416. The minimum absolute atomic E-state index is 0.148. The lowest BCUT2D eigenvalue weighted by molar-refractivity contribution is -0.160. The maximum absolute atomic E-state index is 13.1. The molecule has 1 aromatic carbocycles. The normalized spacial score (nSPS) is 12.9. The largest absolute Gasteiger partial charge is 0.465 e. The second-order valence-corrected chi connectivity index (χ2v) is 9.59. The van der Waals surface area contributed by atoms with Crippen LogP contribution in [-0.4, -0.2) is 58.2 Å². The van der Waals surface area contributed by atoms with Crippen molar-refractivity contribution in [2.24, 2.45) is 0 Å². The summed E-state index contributed by atoms with van der Waals surface area (Å²) in [5.41, 5.74) is 0.321. The van der Waals surface area contributed by atoms with Crippen LogP contribution in [0.15, 0.2) is 30.3 Å². The van der Waals surface area contributed by atoms with Gasteiger partial charge in [-0.25, -0.2) is 9.59 Å². The van der Waals surface area contributed by atoms with Crippen LogP contribution >= 0.6 is 11.8 Å². The van der Waals surface area contributed by atoms with Crippen LogP contribution < -0.4 is 5.32 Å². The molecule has 9 heteroatoms. The van der Waals surface area contributed by atoms with Crippen LogP contribution in [0.2, 0.25) is 0 Å². The third kappa shape index (κ3) is 10.7. The lowest BCUT2D eigenvalue weighted by Gasteiger charge is -2.31. The lowest BCUT2D eigenvalue weighted by Crippen LogP contribution is -2.53. The molecule has 2 atom stereocenters. The van der Waals surface area contributed by atoms with Crippen molar-refractivity contribution in [2.75, 3.05) is 13.2 Å². The Labute approximate surface area is 194 Å². The van der Waals surface area contributed by atoms with Crippen molar-refractivity contribution in [3.05, 3.63) is 35.9 Å². The predicted octanol–water partition coefficient (Wildman–Crippen LogP) is 3.53. The van der Waals surface area contributed by atoms with Crippen LogP contribution in [0.3, 0.4) is 0 Å². The molecule has 1 aromatic rings. The van der Waals surface area contributed by atoms with Gasteiger partial charge in [0.1, 0.15) is 18.2 Å². The van der Waals surface area contributed by atoms with Crippen LogP contribution in [0.1, 0.15) is 53.5 Å². The lowest BCUT2D eigenvalue weighted by atomic mass is 10.1. The van der Waals surface area contributed by atoms with E-state index >= 15 is 0 Å². The van der Waals surface area contributed by atoms with E-state index in [1.165, 1.54) is 13.8 Å². The molecule has 0 radical (unpaired) electrons. The summed E-state index contributed by atoms with van der Waals surface area (Å²) in [6.45, 7) is 9.45. The van der Waals surface area contributed by atoms with E-state index in [0.29, 0.717) is 12.8 Å². The maximum Gasteiger partial charge on any atom is 0.329 e. The Balaban J connectivity index is 2.97. The molecule has 0 aliphatic rings. The molecule has 1 unspecified atom stereocenters. The standard InChI is InChI=1S/C23H34N2O6S/c1-7-30-20(27)15-25(16(2)21(28)31-23(4,5)6)22(29)24-19(32-17(3)26)14-13-18-11-9-8-10-12-18/h8-12,16,19H,7,13-15H2,1-6H3,(H,24,29)/t16-,19?/m0/s1. The number of hydrogen-bond acceptors (Lipinski definition) is 7. The van der Waals surface area contributed by atoms with Crippen LogP contribution in [-0.2, 0) is 30.3 Å². The molecule has 2 amide bonds. The number of aryl methyl sites for hydroxylation is 1. The van der Waals surface area contributed by atoms with Crippen molar-refractivity contribution >= 4 is 34.8 Å². The van der Waals surface area contributed by atoms with Gasteiger partial charge in [-0.15, -0.1) is 0 Å². The summed E-state index contributed by atoms with van der Waals surface area (Å²) in [5.74, 6) is -1.28. The number of ether oxygens (including phenoxy) is 2.